The highest BCUT2D eigenvalue weighted by atomic mass is 32.2. The predicted molar refractivity (Wildman–Crippen MR) is 64.3 cm³/mol. The molecule has 100 valence electrons. The maximum Gasteiger partial charge on any atom is 0.258 e. The van der Waals surface area contributed by atoms with Gasteiger partial charge in [-0.2, -0.15) is 0 Å². The summed E-state index contributed by atoms with van der Waals surface area (Å²) in [6.45, 7) is 2.56. The first-order chi connectivity index (χ1) is 8.45. The highest BCUT2D eigenvalue weighted by molar-refractivity contribution is 7.89. The van der Waals surface area contributed by atoms with E-state index < -0.39 is 15.6 Å². The molecule has 1 fully saturated rings. The Hall–Kier alpha value is -1.02. The van der Waals surface area contributed by atoms with Gasteiger partial charge in [-0.3, -0.25) is 0 Å². The van der Waals surface area contributed by atoms with Crippen molar-refractivity contribution in [3.8, 4) is 0 Å². The molecule has 0 radical (unpaired) electrons. The van der Waals surface area contributed by atoms with Crippen molar-refractivity contribution < 1.29 is 18.3 Å². The van der Waals surface area contributed by atoms with Gasteiger partial charge in [0.2, 0.25) is 0 Å². The van der Waals surface area contributed by atoms with E-state index in [-0.39, 0.29) is 11.6 Å². The van der Waals surface area contributed by atoms with Crippen molar-refractivity contribution in [2.75, 3.05) is 13.2 Å². The van der Waals surface area contributed by atoms with E-state index in [9.17, 15) is 8.42 Å². The van der Waals surface area contributed by atoms with Crippen LogP contribution in [0, 0.1) is 0 Å². The van der Waals surface area contributed by atoms with E-state index in [4.69, 9.17) is 9.84 Å². The summed E-state index contributed by atoms with van der Waals surface area (Å²) in [6.07, 6.45) is 1.99. The molecule has 2 rings (SSSR count). The second-order valence-electron chi connectivity index (χ2n) is 4.63. The van der Waals surface area contributed by atoms with E-state index in [2.05, 4.69) is 9.71 Å². The highest BCUT2D eigenvalue weighted by Crippen LogP contribution is 2.20. The zero-order chi connectivity index (χ0) is 13.2. The van der Waals surface area contributed by atoms with Crippen LogP contribution < -0.4 is 4.72 Å². The number of nitrogens with zero attached hydrogens (tertiary/aromatic N) is 1. The molecule has 0 amide bonds. The lowest BCUT2D eigenvalue weighted by atomic mass is 10.0. The summed E-state index contributed by atoms with van der Waals surface area (Å²) in [5, 5.41) is 8.83. The van der Waals surface area contributed by atoms with E-state index in [0.717, 1.165) is 0 Å². The van der Waals surface area contributed by atoms with Crippen molar-refractivity contribution in [2.45, 2.75) is 30.5 Å². The van der Waals surface area contributed by atoms with Gasteiger partial charge in [0.1, 0.15) is 0 Å². The van der Waals surface area contributed by atoms with Crippen molar-refractivity contribution in [1.82, 2.24) is 9.71 Å². The summed E-state index contributed by atoms with van der Waals surface area (Å²) in [7, 11) is -3.65. The van der Waals surface area contributed by atoms with Crippen molar-refractivity contribution >= 4 is 10.0 Å². The second-order valence-corrected chi connectivity index (χ2v) is 6.26. The lowest BCUT2D eigenvalue weighted by Gasteiger charge is -2.22. The predicted octanol–water partition coefficient (Wildman–Crippen LogP) is 0.0312. The lowest BCUT2D eigenvalue weighted by Crippen LogP contribution is -2.46. The number of sulfonamides is 1. The molecule has 7 heteroatoms. The number of aromatic nitrogens is 1. The molecule has 1 saturated heterocycles. The molecule has 0 bridgehead atoms. The van der Waals surface area contributed by atoms with Crippen molar-refractivity contribution in [1.29, 1.82) is 0 Å². The molecule has 1 unspecified atom stereocenters. The fraction of sp³-hybridized carbons (Fsp3) is 0.545. The summed E-state index contributed by atoms with van der Waals surface area (Å²) in [6, 6.07) is 2.92. The van der Waals surface area contributed by atoms with Gasteiger partial charge in [0.25, 0.3) is 10.0 Å². The largest absolute Gasteiger partial charge is 0.392 e. The van der Waals surface area contributed by atoms with Crippen molar-refractivity contribution in [2.24, 2.45) is 0 Å². The number of ether oxygens (including phenoxy) is 1. The third-order valence-electron chi connectivity index (χ3n) is 2.86. The Labute approximate surface area is 106 Å². The Morgan fingerprint density at radius 1 is 1.56 bits per heavy atom. The van der Waals surface area contributed by atoms with E-state index in [1.807, 2.05) is 0 Å². The normalized spacial score (nSPS) is 24.3. The number of aliphatic hydroxyl groups excluding tert-OH is 1. The minimum absolute atomic E-state index is 0.0483. The van der Waals surface area contributed by atoms with Gasteiger partial charge in [-0.25, -0.2) is 18.1 Å². The summed E-state index contributed by atoms with van der Waals surface area (Å²) in [5.41, 5.74) is 0.000232. The third-order valence-corrected chi connectivity index (χ3v) is 4.41. The van der Waals surface area contributed by atoms with Crippen LogP contribution in [0.4, 0.5) is 0 Å². The van der Waals surface area contributed by atoms with Crippen LogP contribution in [0.1, 0.15) is 18.9 Å². The zero-order valence-electron chi connectivity index (χ0n) is 10.1. The average Bonchev–Trinajstić information content (AvgIpc) is 2.75. The Balaban J connectivity index is 2.19. The van der Waals surface area contributed by atoms with Gasteiger partial charge >= 0.3 is 0 Å². The zero-order valence-corrected chi connectivity index (χ0v) is 10.9. The standard InChI is InChI=1S/C11H16N2O4S/c1-11(4-5-17-8-11)13-18(15,16)10-3-2-9(7-14)6-12-10/h2-3,6,13-14H,4-5,7-8H2,1H3. The molecule has 2 heterocycles. The summed E-state index contributed by atoms with van der Waals surface area (Å²) in [4.78, 5) is 3.84. The quantitative estimate of drug-likeness (QED) is 0.807. The van der Waals surface area contributed by atoms with E-state index in [0.29, 0.717) is 25.2 Å². The number of hydrogen-bond acceptors (Lipinski definition) is 5. The molecule has 1 aliphatic heterocycles. The molecule has 18 heavy (non-hydrogen) atoms. The fourth-order valence-electron chi connectivity index (χ4n) is 1.79. The Kier molecular flexibility index (Phi) is 3.67. The first kappa shape index (κ1) is 13.4. The van der Waals surface area contributed by atoms with Crippen molar-refractivity contribution in [3.05, 3.63) is 23.9 Å². The van der Waals surface area contributed by atoms with Crippen molar-refractivity contribution in [3.63, 3.8) is 0 Å². The molecule has 1 aromatic rings. The topological polar surface area (TPSA) is 88.5 Å². The number of rotatable bonds is 4. The van der Waals surface area contributed by atoms with Gasteiger partial charge in [0.05, 0.1) is 18.8 Å². The second kappa shape index (κ2) is 4.93. The molecular formula is C11H16N2O4S. The van der Waals surface area contributed by atoms with E-state index in [1.165, 1.54) is 18.3 Å². The maximum atomic E-state index is 12.1. The summed E-state index contributed by atoms with van der Waals surface area (Å²) in [5.74, 6) is 0. The molecule has 0 spiro atoms. The van der Waals surface area contributed by atoms with Gasteiger partial charge < -0.3 is 9.84 Å². The molecule has 1 atom stereocenters. The average molecular weight is 272 g/mol. The van der Waals surface area contributed by atoms with Crippen LogP contribution in [0.2, 0.25) is 0 Å². The highest BCUT2D eigenvalue weighted by Gasteiger charge is 2.34. The van der Waals surface area contributed by atoms with E-state index >= 15 is 0 Å². The first-order valence-electron chi connectivity index (χ1n) is 5.63. The Morgan fingerprint density at radius 3 is 2.83 bits per heavy atom. The summed E-state index contributed by atoms with van der Waals surface area (Å²) >= 11 is 0. The molecule has 0 aromatic carbocycles. The van der Waals surface area contributed by atoms with Crippen LogP contribution in [0.15, 0.2) is 23.4 Å². The van der Waals surface area contributed by atoms with Gasteiger partial charge in [-0.1, -0.05) is 6.07 Å². The van der Waals surface area contributed by atoms with Crippen LogP contribution in [-0.2, 0) is 21.4 Å². The minimum atomic E-state index is -3.65. The maximum absolute atomic E-state index is 12.1. The molecule has 0 saturated carbocycles. The number of pyridine rings is 1. The first-order valence-corrected chi connectivity index (χ1v) is 7.11. The number of hydrogen-bond donors (Lipinski definition) is 2. The van der Waals surface area contributed by atoms with Gasteiger partial charge in [0, 0.05) is 12.8 Å². The van der Waals surface area contributed by atoms with Gasteiger partial charge in [-0.05, 0) is 25.0 Å². The molecule has 6 nitrogen and oxygen atoms in total. The number of aliphatic hydroxyl groups is 1. The Bertz CT molecular complexity index is 506. The molecule has 2 N–H and O–H groups in total. The van der Waals surface area contributed by atoms with Crippen LogP contribution in [-0.4, -0.2) is 37.3 Å². The number of nitrogens with one attached hydrogen (secondary N) is 1. The van der Waals surface area contributed by atoms with Crippen LogP contribution >= 0.6 is 0 Å². The van der Waals surface area contributed by atoms with Crippen LogP contribution in [0.3, 0.4) is 0 Å². The smallest absolute Gasteiger partial charge is 0.258 e. The van der Waals surface area contributed by atoms with Crippen LogP contribution in [0.25, 0.3) is 0 Å². The minimum Gasteiger partial charge on any atom is -0.392 e. The monoisotopic (exact) mass is 272 g/mol. The Morgan fingerprint density at radius 2 is 2.33 bits per heavy atom. The lowest BCUT2D eigenvalue weighted by molar-refractivity contribution is 0.178. The summed E-state index contributed by atoms with van der Waals surface area (Å²) < 4.78 is 32.0. The molecule has 1 aromatic heterocycles. The molecular weight excluding hydrogens is 256 g/mol. The molecule has 1 aliphatic rings. The SMILES string of the molecule is CC1(NS(=O)(=O)c2ccc(CO)cn2)CCOC1. The van der Waals surface area contributed by atoms with Crippen LogP contribution in [0.5, 0.6) is 0 Å². The van der Waals surface area contributed by atoms with Gasteiger partial charge in [0.15, 0.2) is 5.03 Å². The fourth-order valence-corrected chi connectivity index (χ4v) is 3.14. The van der Waals surface area contributed by atoms with E-state index in [1.54, 1.807) is 6.92 Å². The molecule has 0 aliphatic carbocycles. The third kappa shape index (κ3) is 2.86. The van der Waals surface area contributed by atoms with Gasteiger partial charge in [-0.15, -0.1) is 0 Å².